The van der Waals surface area contributed by atoms with E-state index in [0.29, 0.717) is 5.88 Å². The number of aryl methyl sites for hydroxylation is 1. The van der Waals surface area contributed by atoms with Crippen LogP contribution in [0.5, 0.6) is 5.88 Å². The number of methoxy groups -OCH3 is 1. The molecule has 1 heterocycles. The Hall–Kier alpha value is -1.09. The highest BCUT2D eigenvalue weighted by Gasteiger charge is 1.99. The van der Waals surface area contributed by atoms with Gasteiger partial charge in [0.15, 0.2) is 0 Å². The van der Waals surface area contributed by atoms with Crippen molar-refractivity contribution in [1.82, 2.24) is 4.98 Å². The van der Waals surface area contributed by atoms with Gasteiger partial charge < -0.3 is 10.5 Å². The van der Waals surface area contributed by atoms with E-state index in [4.69, 9.17) is 10.5 Å². The number of ether oxygens (including phenoxy) is 1. The maximum Gasteiger partial charge on any atom is 0.213 e. The average molecular weight is 180 g/mol. The summed E-state index contributed by atoms with van der Waals surface area (Å²) in [5, 5.41) is 0. The molecule has 0 saturated heterocycles. The second kappa shape index (κ2) is 4.82. The van der Waals surface area contributed by atoms with Gasteiger partial charge in [-0.3, -0.25) is 0 Å². The number of hydrogen-bond acceptors (Lipinski definition) is 3. The largest absolute Gasteiger partial charge is 0.481 e. The zero-order valence-corrected chi connectivity index (χ0v) is 8.16. The lowest BCUT2D eigenvalue weighted by Crippen LogP contribution is -2.15. The average Bonchev–Trinajstić information content (AvgIpc) is 2.15. The second-order valence-electron chi connectivity index (χ2n) is 3.19. The predicted molar refractivity (Wildman–Crippen MR) is 52.8 cm³/mol. The van der Waals surface area contributed by atoms with Crippen LogP contribution >= 0.6 is 0 Å². The Morgan fingerprint density at radius 2 is 2.31 bits per heavy atom. The third-order valence-corrected chi connectivity index (χ3v) is 1.85. The van der Waals surface area contributed by atoms with Gasteiger partial charge in [0, 0.05) is 17.8 Å². The van der Waals surface area contributed by atoms with Crippen molar-refractivity contribution in [2.24, 2.45) is 5.73 Å². The summed E-state index contributed by atoms with van der Waals surface area (Å²) in [7, 11) is 1.62. The lowest BCUT2D eigenvalue weighted by molar-refractivity contribution is 0.396. The van der Waals surface area contributed by atoms with Crippen LogP contribution in [0, 0.1) is 0 Å². The van der Waals surface area contributed by atoms with Gasteiger partial charge >= 0.3 is 0 Å². The Morgan fingerprint density at radius 1 is 1.54 bits per heavy atom. The molecule has 0 radical (unpaired) electrons. The zero-order chi connectivity index (χ0) is 9.68. The van der Waals surface area contributed by atoms with Gasteiger partial charge in [-0.2, -0.15) is 0 Å². The molecule has 13 heavy (non-hydrogen) atoms. The number of rotatable bonds is 4. The number of hydrogen-bond donors (Lipinski definition) is 1. The molecule has 0 aliphatic carbocycles. The van der Waals surface area contributed by atoms with E-state index >= 15 is 0 Å². The van der Waals surface area contributed by atoms with Crippen molar-refractivity contribution in [2.75, 3.05) is 7.11 Å². The van der Waals surface area contributed by atoms with E-state index in [0.717, 1.165) is 18.5 Å². The van der Waals surface area contributed by atoms with Crippen LogP contribution in [0.25, 0.3) is 0 Å². The molecule has 1 aromatic rings. The molecule has 3 nitrogen and oxygen atoms in total. The van der Waals surface area contributed by atoms with Crippen LogP contribution in [0.1, 0.15) is 19.0 Å². The van der Waals surface area contributed by atoms with Crippen molar-refractivity contribution in [2.45, 2.75) is 25.8 Å². The van der Waals surface area contributed by atoms with Crippen molar-refractivity contribution in [3.63, 3.8) is 0 Å². The smallest absolute Gasteiger partial charge is 0.213 e. The summed E-state index contributed by atoms with van der Waals surface area (Å²) in [6.07, 6.45) is 1.87. The summed E-state index contributed by atoms with van der Waals surface area (Å²) >= 11 is 0. The summed E-state index contributed by atoms with van der Waals surface area (Å²) in [4.78, 5) is 4.29. The molecule has 0 aromatic carbocycles. The van der Waals surface area contributed by atoms with Crippen molar-refractivity contribution < 1.29 is 4.74 Å². The summed E-state index contributed by atoms with van der Waals surface area (Å²) < 4.78 is 5.02. The molecule has 0 bridgehead atoms. The normalized spacial score (nSPS) is 12.5. The molecule has 1 atom stereocenters. The second-order valence-corrected chi connectivity index (χ2v) is 3.19. The topological polar surface area (TPSA) is 48.1 Å². The molecule has 2 N–H and O–H groups in total. The number of nitrogens with zero attached hydrogens (tertiary/aromatic N) is 1. The van der Waals surface area contributed by atoms with Crippen molar-refractivity contribution >= 4 is 0 Å². The number of pyridine rings is 1. The summed E-state index contributed by atoms with van der Waals surface area (Å²) in [6.45, 7) is 2.00. The Labute approximate surface area is 78.9 Å². The molecule has 1 rings (SSSR count). The standard InChI is InChI=1S/C10H16N2O/c1-8(11)6-7-9-4-3-5-10(12-9)13-2/h3-5,8H,6-7,11H2,1-2H3/t8-/m1/s1. The van der Waals surface area contributed by atoms with Crippen LogP contribution < -0.4 is 10.5 Å². The highest BCUT2D eigenvalue weighted by Crippen LogP contribution is 2.08. The van der Waals surface area contributed by atoms with Crippen molar-refractivity contribution in [3.8, 4) is 5.88 Å². The molecule has 1 aromatic heterocycles. The van der Waals surface area contributed by atoms with E-state index in [1.54, 1.807) is 7.11 Å². The molecular weight excluding hydrogens is 164 g/mol. The zero-order valence-electron chi connectivity index (χ0n) is 8.16. The SMILES string of the molecule is COc1cccc(CC[C@@H](C)N)n1. The summed E-state index contributed by atoms with van der Waals surface area (Å²) in [5.41, 5.74) is 6.69. The van der Waals surface area contributed by atoms with E-state index in [1.807, 2.05) is 25.1 Å². The van der Waals surface area contributed by atoms with Gasteiger partial charge in [-0.15, -0.1) is 0 Å². The molecule has 72 valence electrons. The summed E-state index contributed by atoms with van der Waals surface area (Å²) in [5.74, 6) is 0.669. The Kier molecular flexibility index (Phi) is 3.71. The molecule has 0 spiro atoms. The van der Waals surface area contributed by atoms with Crippen LogP contribution in [-0.2, 0) is 6.42 Å². The minimum absolute atomic E-state index is 0.230. The van der Waals surface area contributed by atoms with Gasteiger partial charge in [0.1, 0.15) is 0 Å². The maximum atomic E-state index is 5.65. The Bertz CT molecular complexity index is 261. The van der Waals surface area contributed by atoms with E-state index in [1.165, 1.54) is 0 Å². The molecule has 0 saturated carbocycles. The van der Waals surface area contributed by atoms with Gasteiger partial charge in [0.2, 0.25) is 5.88 Å². The Balaban J connectivity index is 2.56. The third-order valence-electron chi connectivity index (χ3n) is 1.85. The van der Waals surface area contributed by atoms with Gasteiger partial charge in [-0.05, 0) is 25.8 Å². The van der Waals surface area contributed by atoms with Crippen LogP contribution in [0.2, 0.25) is 0 Å². The van der Waals surface area contributed by atoms with Crippen LogP contribution in [0.4, 0.5) is 0 Å². The lowest BCUT2D eigenvalue weighted by atomic mass is 10.1. The van der Waals surface area contributed by atoms with Gasteiger partial charge in [0.05, 0.1) is 7.11 Å². The van der Waals surface area contributed by atoms with Gasteiger partial charge in [-0.1, -0.05) is 6.07 Å². The number of aromatic nitrogens is 1. The first-order valence-electron chi connectivity index (χ1n) is 4.48. The van der Waals surface area contributed by atoms with Crippen LogP contribution in [0.3, 0.4) is 0 Å². The fourth-order valence-corrected chi connectivity index (χ4v) is 1.09. The molecule has 0 fully saturated rings. The van der Waals surface area contributed by atoms with Crippen LogP contribution in [0.15, 0.2) is 18.2 Å². The predicted octanol–water partition coefficient (Wildman–Crippen LogP) is 1.37. The van der Waals surface area contributed by atoms with Crippen molar-refractivity contribution in [1.29, 1.82) is 0 Å². The minimum atomic E-state index is 0.230. The molecule has 0 unspecified atom stereocenters. The Morgan fingerprint density at radius 3 is 2.92 bits per heavy atom. The first-order chi connectivity index (χ1) is 6.22. The van der Waals surface area contributed by atoms with E-state index in [-0.39, 0.29) is 6.04 Å². The van der Waals surface area contributed by atoms with E-state index < -0.39 is 0 Å². The minimum Gasteiger partial charge on any atom is -0.481 e. The first kappa shape index (κ1) is 9.99. The molecule has 0 aliphatic heterocycles. The lowest BCUT2D eigenvalue weighted by Gasteiger charge is -2.05. The maximum absolute atomic E-state index is 5.65. The van der Waals surface area contributed by atoms with E-state index in [9.17, 15) is 0 Å². The molecular formula is C10H16N2O. The fraction of sp³-hybridized carbons (Fsp3) is 0.500. The first-order valence-corrected chi connectivity index (χ1v) is 4.48. The van der Waals surface area contributed by atoms with Crippen LogP contribution in [-0.4, -0.2) is 18.1 Å². The molecule has 3 heteroatoms. The third kappa shape index (κ3) is 3.42. The fourth-order valence-electron chi connectivity index (χ4n) is 1.09. The van der Waals surface area contributed by atoms with E-state index in [2.05, 4.69) is 4.98 Å². The van der Waals surface area contributed by atoms with Gasteiger partial charge in [-0.25, -0.2) is 4.98 Å². The highest BCUT2D eigenvalue weighted by atomic mass is 16.5. The summed E-state index contributed by atoms with van der Waals surface area (Å²) in [6, 6.07) is 6.01. The molecule has 0 aliphatic rings. The highest BCUT2D eigenvalue weighted by molar-refractivity contribution is 5.15. The quantitative estimate of drug-likeness (QED) is 0.761. The molecule has 0 amide bonds. The monoisotopic (exact) mass is 180 g/mol. The number of nitrogens with two attached hydrogens (primary N) is 1. The van der Waals surface area contributed by atoms with Crippen molar-refractivity contribution in [3.05, 3.63) is 23.9 Å². The van der Waals surface area contributed by atoms with Gasteiger partial charge in [0.25, 0.3) is 0 Å².